The molecule has 4 atom stereocenters. The molecule has 9 heteroatoms. The molecule has 2 fully saturated rings. The minimum atomic E-state index is -0.968. The third kappa shape index (κ3) is 5.29. The van der Waals surface area contributed by atoms with E-state index in [1.807, 2.05) is 53.2 Å². The van der Waals surface area contributed by atoms with Gasteiger partial charge in [-0.1, -0.05) is 37.6 Å². The number of carboxylic acid groups (broad SMARTS) is 1. The van der Waals surface area contributed by atoms with Crippen molar-refractivity contribution in [3.63, 3.8) is 0 Å². The van der Waals surface area contributed by atoms with E-state index >= 15 is 0 Å². The van der Waals surface area contributed by atoms with Gasteiger partial charge in [0, 0.05) is 42.6 Å². The highest BCUT2D eigenvalue weighted by atomic mass is 35.5. The van der Waals surface area contributed by atoms with Crippen molar-refractivity contribution in [2.45, 2.75) is 32.4 Å². The van der Waals surface area contributed by atoms with Crippen molar-refractivity contribution in [1.82, 2.24) is 14.9 Å². The summed E-state index contributed by atoms with van der Waals surface area (Å²) in [6, 6.07) is 22.5. The van der Waals surface area contributed by atoms with Crippen LogP contribution in [0.2, 0.25) is 5.02 Å². The molecule has 2 aromatic heterocycles. The Kier molecular flexibility index (Phi) is 7.45. The van der Waals surface area contributed by atoms with E-state index in [-0.39, 0.29) is 17.6 Å². The summed E-state index contributed by atoms with van der Waals surface area (Å²) < 4.78 is 2.02. The maximum absolute atomic E-state index is 11.7. The molecule has 2 saturated heterocycles. The van der Waals surface area contributed by atoms with E-state index < -0.39 is 5.97 Å². The molecule has 2 aliphatic rings. The zero-order chi connectivity index (χ0) is 28.7. The Morgan fingerprint density at radius 1 is 1.00 bits per heavy atom. The number of piperidine rings is 1. The molecule has 7 nitrogen and oxygen atoms in total. The number of rotatable bonds is 6. The van der Waals surface area contributed by atoms with Crippen LogP contribution in [0.4, 0.5) is 11.4 Å². The summed E-state index contributed by atoms with van der Waals surface area (Å²) in [7, 11) is 0. The topological polar surface area (TPSA) is 73.6 Å². The van der Waals surface area contributed by atoms with E-state index in [4.69, 9.17) is 23.8 Å². The second-order valence-corrected chi connectivity index (χ2v) is 11.9. The Morgan fingerprint density at radius 3 is 2.51 bits per heavy atom. The number of carbonyl (C=O) groups is 1. The highest BCUT2D eigenvalue weighted by molar-refractivity contribution is 7.80. The van der Waals surface area contributed by atoms with E-state index in [0.717, 1.165) is 41.5 Å². The Labute approximate surface area is 250 Å². The predicted molar refractivity (Wildman–Crippen MR) is 167 cm³/mol. The summed E-state index contributed by atoms with van der Waals surface area (Å²) in [5, 5.41) is 14.4. The van der Waals surface area contributed by atoms with E-state index in [1.165, 1.54) is 6.42 Å². The number of hydrogen-bond donors (Lipinski definition) is 2. The van der Waals surface area contributed by atoms with Crippen molar-refractivity contribution in [3.05, 3.63) is 107 Å². The van der Waals surface area contributed by atoms with Crippen LogP contribution in [0.3, 0.4) is 0 Å². The number of aromatic nitrogens is 2. The number of carboxylic acids is 1. The van der Waals surface area contributed by atoms with Gasteiger partial charge in [0.25, 0.3) is 0 Å². The zero-order valence-electron chi connectivity index (χ0n) is 22.9. The van der Waals surface area contributed by atoms with Gasteiger partial charge in [-0.15, -0.1) is 0 Å². The Balaban J connectivity index is 1.43. The normalized spacial score (nSPS) is 22.6. The molecule has 0 amide bonds. The molecular formula is C32H32ClN5O2S. The highest BCUT2D eigenvalue weighted by Gasteiger charge is 2.42. The van der Waals surface area contributed by atoms with Gasteiger partial charge >= 0.3 is 5.97 Å². The monoisotopic (exact) mass is 585 g/mol. The number of nitrogens with zero attached hydrogens (tertiary/aromatic N) is 4. The molecule has 0 saturated carbocycles. The third-order valence-corrected chi connectivity index (χ3v) is 8.59. The van der Waals surface area contributed by atoms with Gasteiger partial charge in [0.1, 0.15) is 6.04 Å². The van der Waals surface area contributed by atoms with Gasteiger partial charge in [-0.3, -0.25) is 4.98 Å². The summed E-state index contributed by atoms with van der Waals surface area (Å²) in [5.74, 6) is 0.256. The molecule has 2 N–H and O–H groups in total. The van der Waals surface area contributed by atoms with Crippen LogP contribution >= 0.6 is 23.8 Å². The predicted octanol–water partition coefficient (Wildman–Crippen LogP) is 6.88. The molecule has 0 spiro atoms. The number of hydrogen-bond acceptors (Lipinski definition) is 4. The van der Waals surface area contributed by atoms with E-state index in [9.17, 15) is 9.90 Å². The summed E-state index contributed by atoms with van der Waals surface area (Å²) >= 11 is 12.9. The fourth-order valence-electron chi connectivity index (χ4n) is 6.35. The lowest BCUT2D eigenvalue weighted by atomic mass is 9.91. The van der Waals surface area contributed by atoms with Gasteiger partial charge in [-0.2, -0.15) is 0 Å². The van der Waals surface area contributed by atoms with Crippen molar-refractivity contribution in [2.24, 2.45) is 11.8 Å². The number of nitrogens with one attached hydrogen (secondary N) is 1. The number of aromatic carboxylic acids is 1. The van der Waals surface area contributed by atoms with E-state index in [0.29, 0.717) is 22.0 Å². The molecule has 4 unspecified atom stereocenters. The van der Waals surface area contributed by atoms with E-state index in [2.05, 4.69) is 46.1 Å². The summed E-state index contributed by atoms with van der Waals surface area (Å²) in [5.41, 5.74) is 4.69. The first kappa shape index (κ1) is 27.3. The molecule has 2 aromatic carbocycles. The van der Waals surface area contributed by atoms with Crippen LogP contribution in [0.25, 0.3) is 5.69 Å². The van der Waals surface area contributed by atoms with Gasteiger partial charge in [0.05, 0.1) is 28.0 Å². The second-order valence-electron chi connectivity index (χ2n) is 11.1. The summed E-state index contributed by atoms with van der Waals surface area (Å²) in [4.78, 5) is 20.9. The number of anilines is 2. The molecule has 0 aliphatic carbocycles. The van der Waals surface area contributed by atoms with Crippen LogP contribution < -0.4 is 15.1 Å². The Bertz CT molecular complexity index is 1580. The molecule has 210 valence electrons. The number of thiocarbonyl (C=S) groups is 1. The highest BCUT2D eigenvalue weighted by Crippen LogP contribution is 2.44. The van der Waals surface area contributed by atoms with E-state index in [1.54, 1.807) is 24.4 Å². The lowest BCUT2D eigenvalue weighted by molar-refractivity contribution is 0.0697. The summed E-state index contributed by atoms with van der Waals surface area (Å²) in [6.07, 6.45) is 4.95. The molecular weight excluding hydrogens is 554 g/mol. The Hall–Kier alpha value is -3.88. The maximum Gasteiger partial charge on any atom is 0.335 e. The zero-order valence-corrected chi connectivity index (χ0v) is 24.5. The number of halogens is 1. The minimum absolute atomic E-state index is 0.226. The molecule has 0 radical (unpaired) electrons. The largest absolute Gasteiger partial charge is 0.478 e. The van der Waals surface area contributed by atoms with Crippen molar-refractivity contribution in [1.29, 1.82) is 0 Å². The smallest absolute Gasteiger partial charge is 0.335 e. The molecule has 41 heavy (non-hydrogen) atoms. The van der Waals surface area contributed by atoms with Gasteiger partial charge in [0.15, 0.2) is 5.11 Å². The van der Waals surface area contributed by atoms with Crippen molar-refractivity contribution >= 4 is 46.3 Å². The van der Waals surface area contributed by atoms with Crippen LogP contribution in [0.1, 0.15) is 54.1 Å². The summed E-state index contributed by atoms with van der Waals surface area (Å²) in [6.45, 7) is 6.56. The van der Waals surface area contributed by atoms with Gasteiger partial charge < -0.3 is 24.8 Å². The van der Waals surface area contributed by atoms with Crippen molar-refractivity contribution in [2.75, 3.05) is 22.9 Å². The SMILES string of the molecule is CC1CC(C)CN(c2ccc(N3C(=S)NC(c4ccccn4)C3c3cccn3-c3cccc(C(=O)O)c3)cc2Cl)C1. The standard InChI is InChI=1S/C32H32ClN5O2S/c1-20-15-21(2)19-36(18-20)27-12-11-24(17-25(27)33)38-30(29(35-32(38)41)26-9-3-4-13-34-26)28-10-6-14-37(28)23-8-5-7-22(16-23)31(39)40/h3-14,16-17,20-21,29-30H,15,18-19H2,1-2H3,(H,35,41)(H,39,40). The average Bonchev–Trinajstić information content (AvgIpc) is 3.57. The number of benzene rings is 2. The van der Waals surface area contributed by atoms with Crippen LogP contribution in [-0.4, -0.2) is 38.8 Å². The lowest BCUT2D eigenvalue weighted by Gasteiger charge is -2.37. The molecule has 2 aliphatic heterocycles. The Morgan fingerprint density at radius 2 is 1.80 bits per heavy atom. The first-order valence-electron chi connectivity index (χ1n) is 13.9. The quantitative estimate of drug-likeness (QED) is 0.239. The molecule has 6 rings (SSSR count). The first-order chi connectivity index (χ1) is 19.8. The molecule has 4 aromatic rings. The fourth-order valence-corrected chi connectivity index (χ4v) is 6.99. The minimum Gasteiger partial charge on any atom is -0.478 e. The van der Waals surface area contributed by atoms with Crippen molar-refractivity contribution in [3.8, 4) is 5.69 Å². The number of pyridine rings is 1. The van der Waals surface area contributed by atoms with Crippen LogP contribution in [-0.2, 0) is 0 Å². The molecule has 4 heterocycles. The maximum atomic E-state index is 11.7. The fraction of sp³-hybridized carbons (Fsp3) is 0.281. The molecule has 0 bridgehead atoms. The average molecular weight is 586 g/mol. The van der Waals surface area contributed by atoms with Crippen LogP contribution in [0, 0.1) is 11.8 Å². The van der Waals surface area contributed by atoms with Crippen molar-refractivity contribution < 1.29 is 9.90 Å². The lowest BCUT2D eigenvalue weighted by Crippen LogP contribution is -2.38. The van der Waals surface area contributed by atoms with Crippen LogP contribution in [0.5, 0.6) is 0 Å². The van der Waals surface area contributed by atoms with Gasteiger partial charge in [-0.05, 0) is 91.1 Å². The first-order valence-corrected chi connectivity index (χ1v) is 14.6. The third-order valence-electron chi connectivity index (χ3n) is 7.97. The second kappa shape index (κ2) is 11.2. The van der Waals surface area contributed by atoms with Crippen LogP contribution in [0.15, 0.2) is 85.2 Å². The van der Waals surface area contributed by atoms with Gasteiger partial charge in [0.2, 0.25) is 0 Å². The van der Waals surface area contributed by atoms with Gasteiger partial charge in [-0.25, -0.2) is 4.79 Å².